The highest BCUT2D eigenvalue weighted by Gasteiger charge is 2.28. The summed E-state index contributed by atoms with van der Waals surface area (Å²) in [6.07, 6.45) is 1.47. The average Bonchev–Trinajstić information content (AvgIpc) is 2.15. The van der Waals surface area contributed by atoms with E-state index in [0.29, 0.717) is 5.75 Å². The normalized spacial score (nSPS) is 23.6. The predicted octanol–water partition coefficient (Wildman–Crippen LogP) is 1.60. The second kappa shape index (κ2) is 4.05. The first-order valence-corrected chi connectivity index (χ1v) is 4.92. The molecule has 0 unspecified atom stereocenters. The van der Waals surface area contributed by atoms with Crippen LogP contribution in [0.3, 0.4) is 0 Å². The quantitative estimate of drug-likeness (QED) is 0.627. The van der Waals surface area contributed by atoms with E-state index in [2.05, 4.69) is 0 Å². The highest BCUT2D eigenvalue weighted by Crippen LogP contribution is 2.27. The molecule has 2 N–H and O–H groups in total. The third kappa shape index (κ3) is 2.11. The van der Waals surface area contributed by atoms with Crippen LogP contribution in [0.25, 0.3) is 0 Å². The molecule has 6 heteroatoms. The van der Waals surface area contributed by atoms with Gasteiger partial charge >= 0.3 is 5.69 Å². The second-order valence-corrected chi connectivity index (χ2v) is 3.84. The minimum Gasteiger partial charge on any atom is -0.490 e. The fraction of sp³-hybridized carbons (Fsp3) is 0.400. The van der Waals surface area contributed by atoms with Crippen molar-refractivity contribution in [1.29, 1.82) is 0 Å². The van der Waals surface area contributed by atoms with Crippen molar-refractivity contribution < 1.29 is 14.1 Å². The van der Waals surface area contributed by atoms with Crippen molar-refractivity contribution in [3.63, 3.8) is 0 Å². The van der Waals surface area contributed by atoms with Gasteiger partial charge in [-0.2, -0.15) is 4.39 Å². The molecule has 16 heavy (non-hydrogen) atoms. The van der Waals surface area contributed by atoms with Crippen LogP contribution in [0.1, 0.15) is 12.8 Å². The van der Waals surface area contributed by atoms with Crippen LogP contribution in [0.4, 0.5) is 10.1 Å². The fourth-order valence-electron chi connectivity index (χ4n) is 1.60. The van der Waals surface area contributed by atoms with Crippen LogP contribution in [0, 0.1) is 15.9 Å². The predicted molar refractivity (Wildman–Crippen MR) is 54.7 cm³/mol. The molecule has 1 saturated carbocycles. The third-order valence-corrected chi connectivity index (χ3v) is 2.55. The molecule has 86 valence electrons. The van der Waals surface area contributed by atoms with E-state index >= 15 is 0 Å². The highest BCUT2D eigenvalue weighted by molar-refractivity contribution is 5.38. The molecule has 0 heterocycles. The molecule has 0 bridgehead atoms. The van der Waals surface area contributed by atoms with E-state index in [1.54, 1.807) is 0 Å². The molecule has 1 aromatic rings. The fourth-order valence-corrected chi connectivity index (χ4v) is 1.60. The van der Waals surface area contributed by atoms with E-state index in [1.807, 2.05) is 0 Å². The lowest BCUT2D eigenvalue weighted by atomic mass is 9.90. The van der Waals surface area contributed by atoms with Crippen LogP contribution in [0.5, 0.6) is 5.75 Å². The molecule has 1 aliphatic carbocycles. The number of ether oxygens (including phenoxy) is 1. The van der Waals surface area contributed by atoms with Gasteiger partial charge in [0.05, 0.1) is 4.92 Å². The van der Waals surface area contributed by atoms with Gasteiger partial charge in [-0.15, -0.1) is 0 Å². The van der Waals surface area contributed by atoms with E-state index in [0.717, 1.165) is 25.0 Å². The van der Waals surface area contributed by atoms with Gasteiger partial charge in [-0.05, 0) is 18.9 Å². The zero-order valence-corrected chi connectivity index (χ0v) is 8.43. The Bertz CT molecular complexity index is 419. The number of hydrogen-bond acceptors (Lipinski definition) is 4. The summed E-state index contributed by atoms with van der Waals surface area (Å²) < 4.78 is 18.6. The molecule has 0 spiro atoms. The van der Waals surface area contributed by atoms with E-state index in [1.165, 1.54) is 6.07 Å². The van der Waals surface area contributed by atoms with E-state index < -0.39 is 16.4 Å². The minimum atomic E-state index is -0.883. The molecule has 0 amide bonds. The lowest BCUT2D eigenvalue weighted by Crippen LogP contribution is -2.43. The van der Waals surface area contributed by atoms with Crippen LogP contribution in [0.15, 0.2) is 18.2 Å². The monoisotopic (exact) mass is 226 g/mol. The number of nitrogens with two attached hydrogens (primary N) is 1. The second-order valence-electron chi connectivity index (χ2n) is 3.84. The lowest BCUT2D eigenvalue weighted by Gasteiger charge is -2.32. The molecular weight excluding hydrogens is 215 g/mol. The van der Waals surface area contributed by atoms with Gasteiger partial charge in [0.1, 0.15) is 11.9 Å². The van der Waals surface area contributed by atoms with Gasteiger partial charge in [0.2, 0.25) is 5.82 Å². The third-order valence-electron chi connectivity index (χ3n) is 2.55. The smallest absolute Gasteiger partial charge is 0.305 e. The van der Waals surface area contributed by atoms with E-state index in [9.17, 15) is 14.5 Å². The molecule has 0 aliphatic heterocycles. The Balaban J connectivity index is 2.06. The van der Waals surface area contributed by atoms with Gasteiger partial charge in [-0.3, -0.25) is 10.1 Å². The summed E-state index contributed by atoms with van der Waals surface area (Å²) in [6, 6.07) is 3.67. The number of hydrogen-bond donors (Lipinski definition) is 1. The molecule has 5 nitrogen and oxygen atoms in total. The average molecular weight is 226 g/mol. The van der Waals surface area contributed by atoms with Crippen molar-refractivity contribution in [1.82, 2.24) is 0 Å². The van der Waals surface area contributed by atoms with Crippen LogP contribution in [-0.2, 0) is 0 Å². The van der Waals surface area contributed by atoms with Crippen LogP contribution >= 0.6 is 0 Å². The number of nitro groups is 1. The first kappa shape index (κ1) is 10.8. The Hall–Kier alpha value is -1.69. The molecule has 1 aromatic carbocycles. The van der Waals surface area contributed by atoms with Gasteiger partial charge < -0.3 is 10.5 Å². The van der Waals surface area contributed by atoms with E-state index in [-0.39, 0.29) is 12.1 Å². The van der Waals surface area contributed by atoms with Crippen molar-refractivity contribution in [3.05, 3.63) is 34.1 Å². The van der Waals surface area contributed by atoms with Crippen LogP contribution in [0.2, 0.25) is 0 Å². The van der Waals surface area contributed by atoms with Gasteiger partial charge in [-0.1, -0.05) is 0 Å². The Kier molecular flexibility index (Phi) is 2.74. The Morgan fingerprint density at radius 1 is 1.50 bits per heavy atom. The molecule has 1 aliphatic rings. The number of nitro benzene ring substituents is 1. The van der Waals surface area contributed by atoms with E-state index in [4.69, 9.17) is 10.5 Å². The van der Waals surface area contributed by atoms with Gasteiger partial charge in [0, 0.05) is 18.2 Å². The molecular formula is C10H11FN2O3. The molecule has 0 atom stereocenters. The maximum atomic E-state index is 13.2. The van der Waals surface area contributed by atoms with Crippen molar-refractivity contribution in [2.75, 3.05) is 0 Å². The number of halogens is 1. The highest BCUT2D eigenvalue weighted by atomic mass is 19.1. The van der Waals surface area contributed by atoms with Crippen molar-refractivity contribution >= 4 is 5.69 Å². The Morgan fingerprint density at radius 3 is 2.69 bits per heavy atom. The van der Waals surface area contributed by atoms with Crippen molar-refractivity contribution in [2.24, 2.45) is 5.73 Å². The number of benzene rings is 1. The summed E-state index contributed by atoms with van der Waals surface area (Å²) >= 11 is 0. The summed E-state index contributed by atoms with van der Waals surface area (Å²) in [6.45, 7) is 0. The van der Waals surface area contributed by atoms with Crippen molar-refractivity contribution in [3.8, 4) is 5.75 Å². The summed E-state index contributed by atoms with van der Waals surface area (Å²) in [4.78, 5) is 9.61. The van der Waals surface area contributed by atoms with Gasteiger partial charge in [-0.25, -0.2) is 0 Å². The summed E-state index contributed by atoms with van der Waals surface area (Å²) in [5.74, 6) is -0.578. The van der Waals surface area contributed by atoms with Crippen LogP contribution in [-0.4, -0.2) is 17.1 Å². The lowest BCUT2D eigenvalue weighted by molar-refractivity contribution is -0.387. The molecule has 1 fully saturated rings. The molecule has 2 rings (SSSR count). The first-order valence-electron chi connectivity index (χ1n) is 4.92. The number of rotatable bonds is 3. The molecule has 0 radical (unpaired) electrons. The summed E-state index contributed by atoms with van der Waals surface area (Å²) in [5, 5.41) is 10.4. The topological polar surface area (TPSA) is 78.4 Å². The largest absolute Gasteiger partial charge is 0.490 e. The maximum absolute atomic E-state index is 13.2. The first-order chi connectivity index (χ1) is 7.56. The minimum absolute atomic E-state index is 0.00384. The molecule has 0 saturated heterocycles. The summed E-state index contributed by atoms with van der Waals surface area (Å²) in [5.41, 5.74) is 5.03. The Morgan fingerprint density at radius 2 is 2.19 bits per heavy atom. The maximum Gasteiger partial charge on any atom is 0.305 e. The zero-order chi connectivity index (χ0) is 11.7. The van der Waals surface area contributed by atoms with Crippen molar-refractivity contribution in [2.45, 2.75) is 25.0 Å². The summed E-state index contributed by atoms with van der Waals surface area (Å²) in [7, 11) is 0. The van der Waals surface area contributed by atoms with Gasteiger partial charge in [0.15, 0.2) is 0 Å². The standard InChI is InChI=1S/C10H11FN2O3/c11-9-5-7(1-2-10(9)13(14)15)16-8-3-6(12)4-8/h1-2,5-6,8H,3-4,12H2. The zero-order valence-electron chi connectivity index (χ0n) is 8.43. The Labute approximate surface area is 91.2 Å². The van der Waals surface area contributed by atoms with Gasteiger partial charge in [0.25, 0.3) is 0 Å². The molecule has 0 aromatic heterocycles. The van der Waals surface area contributed by atoms with Crippen LogP contribution < -0.4 is 10.5 Å². The SMILES string of the molecule is NC1CC(Oc2ccc([N+](=O)[O-])c(F)c2)C1. The number of nitrogens with zero attached hydrogens (tertiary/aromatic N) is 1.